The summed E-state index contributed by atoms with van der Waals surface area (Å²) in [6, 6.07) is 15.5. The van der Waals surface area contributed by atoms with Crippen LogP contribution in [0.5, 0.6) is 0 Å². The highest BCUT2D eigenvalue weighted by molar-refractivity contribution is 6.30. The van der Waals surface area contributed by atoms with E-state index in [1.54, 1.807) is 61.7 Å². The van der Waals surface area contributed by atoms with Gasteiger partial charge in [-0.1, -0.05) is 17.7 Å². The Hall–Kier alpha value is -3.47. The van der Waals surface area contributed by atoms with Gasteiger partial charge in [-0.3, -0.25) is 4.79 Å². The van der Waals surface area contributed by atoms with Crippen molar-refractivity contribution in [1.82, 2.24) is 0 Å². The van der Waals surface area contributed by atoms with E-state index in [1.807, 2.05) is 6.07 Å². The second kappa shape index (κ2) is 10.0. The minimum atomic E-state index is -1.85. The van der Waals surface area contributed by atoms with Crippen LogP contribution in [0.15, 0.2) is 71.4 Å². The van der Waals surface area contributed by atoms with Gasteiger partial charge in [0.25, 0.3) is 5.91 Å². The molecular formula is C23H21ClN4O3. The van der Waals surface area contributed by atoms with Gasteiger partial charge < -0.3 is 14.8 Å². The zero-order chi connectivity index (χ0) is 22.3. The fourth-order valence-electron chi connectivity index (χ4n) is 3.08. The number of methoxy groups -OCH3 is 1. The van der Waals surface area contributed by atoms with E-state index in [1.165, 1.54) is 6.08 Å². The van der Waals surface area contributed by atoms with E-state index in [2.05, 4.69) is 10.4 Å². The van der Waals surface area contributed by atoms with Crippen molar-refractivity contribution in [3.63, 3.8) is 0 Å². The third-order valence-corrected chi connectivity index (χ3v) is 4.98. The van der Waals surface area contributed by atoms with Gasteiger partial charge in [0.1, 0.15) is 5.76 Å². The molecule has 31 heavy (non-hydrogen) atoms. The number of hydrogen-bond acceptors (Lipinski definition) is 6. The maximum Gasteiger partial charge on any atom is 0.316 e. The molecule has 0 saturated heterocycles. The lowest BCUT2D eigenvalue weighted by Crippen LogP contribution is -2.42. The number of rotatable bonds is 8. The van der Waals surface area contributed by atoms with Crippen molar-refractivity contribution in [3.8, 4) is 6.07 Å². The third kappa shape index (κ3) is 5.18. The highest BCUT2D eigenvalue weighted by Gasteiger charge is 2.42. The van der Waals surface area contributed by atoms with E-state index in [4.69, 9.17) is 31.9 Å². The molecule has 1 aliphatic rings. The summed E-state index contributed by atoms with van der Waals surface area (Å²) in [7, 11) is 1.64. The molecule has 1 heterocycles. The second-order valence-corrected chi connectivity index (χ2v) is 7.28. The van der Waals surface area contributed by atoms with Crippen LogP contribution in [0.25, 0.3) is 5.76 Å². The Kier molecular flexibility index (Phi) is 7.19. The monoisotopic (exact) mass is 436 g/mol. The van der Waals surface area contributed by atoms with Crippen LogP contribution in [0.2, 0.25) is 5.02 Å². The van der Waals surface area contributed by atoms with E-state index in [9.17, 15) is 4.79 Å². The molecule has 0 aromatic heterocycles. The number of ether oxygens (including phenoxy) is 2. The van der Waals surface area contributed by atoms with E-state index in [0.29, 0.717) is 35.1 Å². The zero-order valence-corrected chi connectivity index (χ0v) is 17.6. The predicted octanol–water partition coefficient (Wildman–Crippen LogP) is 5.30. The Morgan fingerprint density at radius 3 is 2.58 bits per heavy atom. The largest absolute Gasteiger partial charge is 0.451 e. The topological polar surface area (TPSA) is 108 Å². The first-order valence-electron chi connectivity index (χ1n) is 9.58. The van der Waals surface area contributed by atoms with Crippen LogP contribution in [0, 0.1) is 16.9 Å². The molecule has 8 heteroatoms. The number of carbonyl (C=O) groups excluding carboxylic acids is 1. The Labute approximate surface area is 185 Å². The highest BCUT2D eigenvalue weighted by atomic mass is 35.5. The molecule has 0 aliphatic carbocycles. The lowest BCUT2D eigenvalue weighted by molar-refractivity contribution is -0.129. The molecule has 1 amide bonds. The van der Waals surface area contributed by atoms with Crippen LogP contribution < -0.4 is 5.32 Å². The van der Waals surface area contributed by atoms with E-state index < -0.39 is 11.6 Å². The van der Waals surface area contributed by atoms with Crippen molar-refractivity contribution >= 4 is 29.0 Å². The van der Waals surface area contributed by atoms with Crippen molar-refractivity contribution in [1.29, 1.82) is 10.8 Å². The van der Waals surface area contributed by atoms with Gasteiger partial charge in [0.05, 0.1) is 11.6 Å². The molecule has 1 unspecified atom stereocenters. The van der Waals surface area contributed by atoms with Crippen LogP contribution in [-0.2, 0) is 14.3 Å². The lowest BCUT2D eigenvalue weighted by Gasteiger charge is -2.31. The van der Waals surface area contributed by atoms with Crippen molar-refractivity contribution in [2.24, 2.45) is 5.11 Å². The van der Waals surface area contributed by atoms with Gasteiger partial charge in [0, 0.05) is 30.0 Å². The second-order valence-electron chi connectivity index (χ2n) is 6.84. The van der Waals surface area contributed by atoms with Gasteiger partial charge in [-0.2, -0.15) is 5.26 Å². The van der Waals surface area contributed by atoms with Crippen LogP contribution in [0.4, 0.5) is 5.69 Å². The molecule has 2 N–H and O–H groups in total. The number of nitrogens with one attached hydrogen (secondary N) is 2. The quantitative estimate of drug-likeness (QED) is 0.432. The van der Waals surface area contributed by atoms with E-state index in [-0.39, 0.29) is 0 Å². The average molecular weight is 437 g/mol. The van der Waals surface area contributed by atoms with Gasteiger partial charge in [0.2, 0.25) is 0 Å². The number of amides is 1. The van der Waals surface area contributed by atoms with Crippen LogP contribution in [-0.4, -0.2) is 25.3 Å². The summed E-state index contributed by atoms with van der Waals surface area (Å²) >= 11 is 6.01. The predicted molar refractivity (Wildman–Crippen MR) is 117 cm³/mol. The number of nitrogens with zero attached hydrogens (tertiary/aromatic N) is 2. The van der Waals surface area contributed by atoms with Gasteiger partial charge in [0.15, 0.2) is 0 Å². The smallest absolute Gasteiger partial charge is 0.316 e. The normalized spacial score (nSPS) is 17.6. The number of carbonyl (C=O) groups is 1. The SMILES string of the molecule is COCCCC1=C(c2ccc(Cl)cc2)OC(N=N)(C(=O)Nc2ccc(C#N)cc2)C=C1. The van der Waals surface area contributed by atoms with Crippen LogP contribution in [0.3, 0.4) is 0 Å². The first kappa shape index (κ1) is 22.2. The fourth-order valence-corrected chi connectivity index (χ4v) is 3.20. The standard InChI is InChI=1S/C23H21ClN4O3/c1-30-14-2-3-17-12-13-23(28-26,31-21(17)18-6-8-19(24)9-7-18)22(29)27-20-10-4-16(15-25)5-11-20/h4-13,26H,2-3,14H2,1H3,(H,27,29). The summed E-state index contributed by atoms with van der Waals surface area (Å²) in [5.74, 6) is -0.160. The van der Waals surface area contributed by atoms with E-state index in [0.717, 1.165) is 17.6 Å². The molecule has 0 saturated carbocycles. The Morgan fingerprint density at radius 2 is 1.97 bits per heavy atom. The summed E-state index contributed by atoms with van der Waals surface area (Å²) in [5.41, 5.74) is 8.38. The molecule has 0 spiro atoms. The molecular weight excluding hydrogens is 416 g/mol. The number of allylic oxidation sites excluding steroid dienone is 2. The number of hydrogen-bond donors (Lipinski definition) is 2. The van der Waals surface area contributed by atoms with Crippen molar-refractivity contribution in [2.75, 3.05) is 19.0 Å². The molecule has 158 valence electrons. The summed E-state index contributed by atoms with van der Waals surface area (Å²) < 4.78 is 11.2. The third-order valence-electron chi connectivity index (χ3n) is 4.72. The summed E-state index contributed by atoms with van der Waals surface area (Å²) in [6.07, 6.45) is 4.66. The lowest BCUT2D eigenvalue weighted by atomic mass is 9.98. The number of anilines is 1. The first-order chi connectivity index (χ1) is 15.0. The molecule has 1 aliphatic heterocycles. The first-order valence-corrected chi connectivity index (χ1v) is 9.95. The maximum atomic E-state index is 13.0. The summed E-state index contributed by atoms with van der Waals surface area (Å²) in [6.45, 7) is 0.582. The summed E-state index contributed by atoms with van der Waals surface area (Å²) in [5, 5.41) is 15.7. The number of halogens is 1. The Morgan fingerprint density at radius 1 is 1.26 bits per heavy atom. The van der Waals surface area contributed by atoms with Gasteiger partial charge >= 0.3 is 5.72 Å². The summed E-state index contributed by atoms with van der Waals surface area (Å²) in [4.78, 5) is 13.0. The molecule has 1 atom stereocenters. The molecule has 3 rings (SSSR count). The fraction of sp³-hybridized carbons (Fsp3) is 0.217. The minimum absolute atomic E-state index is 0.459. The van der Waals surface area contributed by atoms with Gasteiger partial charge in [-0.05, 0) is 73.0 Å². The molecule has 0 fully saturated rings. The number of nitriles is 1. The van der Waals surface area contributed by atoms with Gasteiger partial charge in [-0.15, -0.1) is 5.11 Å². The van der Waals surface area contributed by atoms with Crippen LogP contribution >= 0.6 is 11.6 Å². The molecule has 7 nitrogen and oxygen atoms in total. The molecule has 2 aromatic carbocycles. The Bertz CT molecular complexity index is 1060. The minimum Gasteiger partial charge on any atom is -0.451 e. The zero-order valence-electron chi connectivity index (χ0n) is 16.9. The Balaban J connectivity index is 1.90. The van der Waals surface area contributed by atoms with Crippen molar-refractivity contribution in [3.05, 3.63) is 82.4 Å². The van der Waals surface area contributed by atoms with Crippen LogP contribution in [0.1, 0.15) is 24.0 Å². The van der Waals surface area contributed by atoms with Crippen molar-refractivity contribution in [2.45, 2.75) is 18.6 Å². The maximum absolute atomic E-state index is 13.0. The van der Waals surface area contributed by atoms with E-state index >= 15 is 0 Å². The molecule has 0 bridgehead atoms. The van der Waals surface area contributed by atoms with Crippen molar-refractivity contribution < 1.29 is 14.3 Å². The average Bonchev–Trinajstić information content (AvgIpc) is 2.80. The van der Waals surface area contributed by atoms with Gasteiger partial charge in [-0.25, -0.2) is 5.53 Å². The molecule has 0 radical (unpaired) electrons. The number of benzene rings is 2. The highest BCUT2D eigenvalue weighted by Crippen LogP contribution is 2.36. The molecule has 2 aromatic rings.